The second-order valence-electron chi connectivity index (χ2n) is 8.18. The Morgan fingerprint density at radius 1 is 1.10 bits per heavy atom. The standard InChI is InChI=1S/C23H27ClN6O/c1-30(2)21-18-5-3-4-6-19(18)28-23(29-21)27-17-10-8-16(9-11-17)22(31)26-14-15-7-12-20(24)25-13-15/h3-7,12-13,16-17H,8-11,14H2,1-2H3,(H,26,31)(H,27,28,29)/t16-,17+. The topological polar surface area (TPSA) is 83.0 Å². The summed E-state index contributed by atoms with van der Waals surface area (Å²) in [6.07, 6.45) is 5.20. The molecule has 7 nitrogen and oxygen atoms in total. The Bertz CT molecular complexity index is 1050. The molecule has 1 aliphatic carbocycles. The van der Waals surface area contributed by atoms with Crippen LogP contribution < -0.4 is 15.5 Å². The average Bonchev–Trinajstić information content (AvgIpc) is 2.78. The first-order chi connectivity index (χ1) is 15.0. The van der Waals surface area contributed by atoms with Gasteiger partial charge in [-0.3, -0.25) is 4.79 Å². The highest BCUT2D eigenvalue weighted by atomic mass is 35.5. The second kappa shape index (κ2) is 9.47. The van der Waals surface area contributed by atoms with Crippen molar-refractivity contribution in [1.29, 1.82) is 0 Å². The SMILES string of the molecule is CN(C)c1nc(N[C@H]2CC[C@@H](C(=O)NCc3ccc(Cl)nc3)CC2)nc2ccccc12. The Labute approximate surface area is 187 Å². The Hall–Kier alpha value is -2.93. The van der Waals surface area contributed by atoms with Gasteiger partial charge in [0.05, 0.1) is 5.52 Å². The third kappa shape index (κ3) is 5.22. The van der Waals surface area contributed by atoms with E-state index in [1.807, 2.05) is 49.3 Å². The number of fused-ring (bicyclic) bond motifs is 1. The predicted molar refractivity (Wildman–Crippen MR) is 124 cm³/mol. The molecule has 2 heterocycles. The highest BCUT2D eigenvalue weighted by Crippen LogP contribution is 2.28. The fraction of sp³-hybridized carbons (Fsp3) is 0.391. The van der Waals surface area contributed by atoms with E-state index in [9.17, 15) is 4.79 Å². The van der Waals surface area contributed by atoms with Crippen LogP contribution in [0.4, 0.5) is 11.8 Å². The smallest absolute Gasteiger partial charge is 0.225 e. The molecule has 0 radical (unpaired) electrons. The minimum absolute atomic E-state index is 0.0353. The predicted octanol–water partition coefficient (Wildman–Crippen LogP) is 4.03. The number of hydrogen-bond donors (Lipinski definition) is 2. The van der Waals surface area contributed by atoms with Gasteiger partial charge in [0.2, 0.25) is 11.9 Å². The minimum Gasteiger partial charge on any atom is -0.362 e. The summed E-state index contributed by atoms with van der Waals surface area (Å²) in [6.45, 7) is 0.472. The molecule has 1 aromatic carbocycles. The summed E-state index contributed by atoms with van der Waals surface area (Å²) >= 11 is 5.80. The molecule has 0 bridgehead atoms. The highest BCUT2D eigenvalue weighted by Gasteiger charge is 2.26. The number of amides is 1. The maximum atomic E-state index is 12.6. The van der Waals surface area contributed by atoms with E-state index in [2.05, 4.69) is 15.6 Å². The summed E-state index contributed by atoms with van der Waals surface area (Å²) in [4.78, 5) is 28.0. The van der Waals surface area contributed by atoms with Gasteiger partial charge in [0.15, 0.2) is 0 Å². The van der Waals surface area contributed by atoms with Crippen molar-refractivity contribution in [3.8, 4) is 0 Å². The number of nitrogens with zero attached hydrogens (tertiary/aromatic N) is 4. The summed E-state index contributed by atoms with van der Waals surface area (Å²) in [5.74, 6) is 1.68. The van der Waals surface area contributed by atoms with Crippen LogP contribution in [0.1, 0.15) is 31.2 Å². The molecule has 0 spiro atoms. The largest absolute Gasteiger partial charge is 0.362 e. The minimum atomic E-state index is 0.0353. The first-order valence-electron chi connectivity index (χ1n) is 10.6. The van der Waals surface area contributed by atoms with Gasteiger partial charge in [0.25, 0.3) is 0 Å². The Morgan fingerprint density at radius 2 is 1.87 bits per heavy atom. The van der Waals surface area contributed by atoms with Crippen molar-refractivity contribution in [3.63, 3.8) is 0 Å². The lowest BCUT2D eigenvalue weighted by Gasteiger charge is -2.28. The molecule has 3 aromatic rings. The number of halogens is 1. The van der Waals surface area contributed by atoms with Crippen LogP contribution in [0, 0.1) is 5.92 Å². The van der Waals surface area contributed by atoms with Crippen LogP contribution in [0.5, 0.6) is 0 Å². The van der Waals surface area contributed by atoms with Crippen molar-refractivity contribution in [1.82, 2.24) is 20.3 Å². The average molecular weight is 439 g/mol. The van der Waals surface area contributed by atoms with Crippen LogP contribution in [0.2, 0.25) is 5.15 Å². The van der Waals surface area contributed by atoms with E-state index in [1.54, 1.807) is 12.3 Å². The van der Waals surface area contributed by atoms with Gasteiger partial charge in [-0.15, -0.1) is 0 Å². The van der Waals surface area contributed by atoms with Crippen molar-refractivity contribution in [2.45, 2.75) is 38.3 Å². The van der Waals surface area contributed by atoms with Gasteiger partial charge in [-0.1, -0.05) is 29.8 Å². The lowest BCUT2D eigenvalue weighted by molar-refractivity contribution is -0.126. The number of benzene rings is 1. The number of nitrogens with one attached hydrogen (secondary N) is 2. The van der Waals surface area contributed by atoms with Crippen molar-refractivity contribution in [2.24, 2.45) is 5.92 Å². The summed E-state index contributed by atoms with van der Waals surface area (Å²) in [5.41, 5.74) is 1.87. The molecule has 4 rings (SSSR count). The van der Waals surface area contributed by atoms with E-state index in [0.29, 0.717) is 17.6 Å². The van der Waals surface area contributed by atoms with Crippen LogP contribution in [0.3, 0.4) is 0 Å². The Morgan fingerprint density at radius 3 is 2.58 bits per heavy atom. The number of carbonyl (C=O) groups excluding carboxylic acids is 1. The summed E-state index contributed by atoms with van der Waals surface area (Å²) in [6, 6.07) is 11.9. The van der Waals surface area contributed by atoms with Crippen LogP contribution in [-0.4, -0.2) is 41.0 Å². The normalized spacial score (nSPS) is 18.5. The monoisotopic (exact) mass is 438 g/mol. The summed E-state index contributed by atoms with van der Waals surface area (Å²) in [7, 11) is 3.98. The molecule has 0 aliphatic heterocycles. The quantitative estimate of drug-likeness (QED) is 0.565. The second-order valence-corrected chi connectivity index (χ2v) is 8.57. The summed E-state index contributed by atoms with van der Waals surface area (Å²) < 4.78 is 0. The molecule has 2 N–H and O–H groups in total. The molecule has 2 aromatic heterocycles. The van der Waals surface area contributed by atoms with E-state index in [4.69, 9.17) is 21.6 Å². The van der Waals surface area contributed by atoms with Gasteiger partial charge in [-0.05, 0) is 49.4 Å². The maximum absolute atomic E-state index is 12.6. The lowest BCUT2D eigenvalue weighted by atomic mass is 9.85. The van der Waals surface area contributed by atoms with Crippen molar-refractivity contribution >= 4 is 40.2 Å². The molecular weight excluding hydrogens is 412 g/mol. The first kappa shape index (κ1) is 21.3. The van der Waals surface area contributed by atoms with Crippen LogP contribution in [0.25, 0.3) is 10.9 Å². The molecule has 8 heteroatoms. The number of anilines is 2. The van der Waals surface area contributed by atoms with Gasteiger partial charge in [-0.25, -0.2) is 9.97 Å². The number of carbonyl (C=O) groups is 1. The zero-order valence-corrected chi connectivity index (χ0v) is 18.6. The molecule has 0 unspecified atom stereocenters. The molecule has 1 amide bonds. The number of rotatable bonds is 6. The number of para-hydroxylation sites is 1. The highest BCUT2D eigenvalue weighted by molar-refractivity contribution is 6.29. The number of hydrogen-bond acceptors (Lipinski definition) is 6. The molecule has 162 valence electrons. The number of aromatic nitrogens is 3. The van der Waals surface area contributed by atoms with E-state index in [0.717, 1.165) is 48.0 Å². The molecule has 1 aliphatic rings. The van der Waals surface area contributed by atoms with E-state index < -0.39 is 0 Å². The van der Waals surface area contributed by atoms with Crippen LogP contribution in [0.15, 0.2) is 42.6 Å². The van der Waals surface area contributed by atoms with Crippen LogP contribution >= 0.6 is 11.6 Å². The van der Waals surface area contributed by atoms with E-state index in [-0.39, 0.29) is 17.9 Å². The Kier molecular flexibility index (Phi) is 6.51. The lowest BCUT2D eigenvalue weighted by Crippen LogP contribution is -2.36. The van der Waals surface area contributed by atoms with Gasteiger partial charge in [0.1, 0.15) is 11.0 Å². The molecule has 0 saturated heterocycles. The van der Waals surface area contributed by atoms with Gasteiger partial charge in [-0.2, -0.15) is 4.98 Å². The molecular formula is C23H27ClN6O. The van der Waals surface area contributed by atoms with Crippen molar-refractivity contribution in [2.75, 3.05) is 24.3 Å². The zero-order chi connectivity index (χ0) is 21.8. The third-order valence-corrected chi connectivity index (χ3v) is 5.92. The van der Waals surface area contributed by atoms with E-state index >= 15 is 0 Å². The molecule has 0 atom stereocenters. The first-order valence-corrected chi connectivity index (χ1v) is 11.0. The third-order valence-electron chi connectivity index (χ3n) is 5.69. The zero-order valence-electron chi connectivity index (χ0n) is 17.8. The van der Waals surface area contributed by atoms with E-state index in [1.165, 1.54) is 0 Å². The fourth-order valence-electron chi connectivity index (χ4n) is 3.99. The Balaban J connectivity index is 1.33. The molecule has 1 saturated carbocycles. The van der Waals surface area contributed by atoms with Crippen molar-refractivity contribution < 1.29 is 4.79 Å². The van der Waals surface area contributed by atoms with Gasteiger partial charge >= 0.3 is 0 Å². The molecule has 1 fully saturated rings. The summed E-state index contributed by atoms with van der Waals surface area (Å²) in [5, 5.41) is 8.00. The maximum Gasteiger partial charge on any atom is 0.225 e. The number of pyridine rings is 1. The fourth-order valence-corrected chi connectivity index (χ4v) is 4.10. The van der Waals surface area contributed by atoms with Crippen LogP contribution in [-0.2, 0) is 11.3 Å². The van der Waals surface area contributed by atoms with Gasteiger partial charge in [0, 0.05) is 44.2 Å². The molecule has 31 heavy (non-hydrogen) atoms. The van der Waals surface area contributed by atoms with Crippen molar-refractivity contribution in [3.05, 3.63) is 53.3 Å². The van der Waals surface area contributed by atoms with Gasteiger partial charge < -0.3 is 15.5 Å².